The molecule has 1 aliphatic heterocycles. The van der Waals surface area contributed by atoms with Crippen LogP contribution < -0.4 is 0 Å². The molecule has 17 heavy (non-hydrogen) atoms. The molecule has 1 unspecified atom stereocenters. The molecular formula is C15H21NO. The van der Waals surface area contributed by atoms with E-state index >= 15 is 0 Å². The van der Waals surface area contributed by atoms with Crippen molar-refractivity contribution in [2.75, 3.05) is 0 Å². The molecule has 1 aliphatic rings. The van der Waals surface area contributed by atoms with Gasteiger partial charge < -0.3 is 4.84 Å². The van der Waals surface area contributed by atoms with Gasteiger partial charge in [-0.3, -0.25) is 0 Å². The lowest BCUT2D eigenvalue weighted by molar-refractivity contribution is -0.000759. The molecule has 0 amide bonds. The van der Waals surface area contributed by atoms with E-state index in [0.717, 1.165) is 18.6 Å². The highest BCUT2D eigenvalue weighted by Gasteiger charge is 2.35. The summed E-state index contributed by atoms with van der Waals surface area (Å²) < 4.78 is 0. The Labute approximate surface area is 104 Å². The maximum absolute atomic E-state index is 5.53. The minimum absolute atomic E-state index is 0.118. The zero-order valence-corrected chi connectivity index (χ0v) is 11.2. The third-order valence-electron chi connectivity index (χ3n) is 3.60. The second-order valence-electron chi connectivity index (χ2n) is 5.72. The van der Waals surface area contributed by atoms with E-state index in [-0.39, 0.29) is 11.5 Å². The van der Waals surface area contributed by atoms with Crippen LogP contribution in [0.2, 0.25) is 0 Å². The first-order valence-electron chi connectivity index (χ1n) is 6.23. The van der Waals surface area contributed by atoms with Crippen molar-refractivity contribution in [1.82, 2.24) is 0 Å². The Morgan fingerprint density at radius 2 is 2.00 bits per heavy atom. The van der Waals surface area contributed by atoms with E-state index in [2.05, 4.69) is 50.2 Å². The monoisotopic (exact) mass is 231 g/mol. The fraction of sp³-hybridized carbons (Fsp3) is 0.533. The lowest BCUT2D eigenvalue weighted by Crippen LogP contribution is -2.31. The predicted octanol–water partition coefficient (Wildman–Crippen LogP) is 3.73. The van der Waals surface area contributed by atoms with Gasteiger partial charge in [-0.2, -0.15) is 0 Å². The Kier molecular flexibility index (Phi) is 3.23. The summed E-state index contributed by atoms with van der Waals surface area (Å²) in [6, 6.07) is 8.57. The molecule has 0 aromatic heterocycles. The summed E-state index contributed by atoms with van der Waals surface area (Å²) in [5.41, 5.74) is 3.99. The van der Waals surface area contributed by atoms with Crippen molar-refractivity contribution in [3.05, 3.63) is 35.4 Å². The highest BCUT2D eigenvalue weighted by molar-refractivity contribution is 5.82. The summed E-state index contributed by atoms with van der Waals surface area (Å²) in [6.07, 6.45) is 2.20. The van der Waals surface area contributed by atoms with Gasteiger partial charge in [-0.25, -0.2) is 0 Å². The van der Waals surface area contributed by atoms with Gasteiger partial charge in [0, 0.05) is 11.8 Å². The SMILES string of the molecule is CC1=NOC(C(C)(C)Cc2ccccc2C)C1. The van der Waals surface area contributed by atoms with Crippen LogP contribution in [-0.2, 0) is 11.3 Å². The smallest absolute Gasteiger partial charge is 0.138 e. The molecule has 0 saturated heterocycles. The van der Waals surface area contributed by atoms with Crippen molar-refractivity contribution >= 4 is 5.71 Å². The molecule has 2 rings (SSSR count). The van der Waals surface area contributed by atoms with Crippen LogP contribution in [0.4, 0.5) is 0 Å². The molecule has 2 nitrogen and oxygen atoms in total. The number of aryl methyl sites for hydroxylation is 1. The van der Waals surface area contributed by atoms with E-state index < -0.39 is 0 Å². The quantitative estimate of drug-likeness (QED) is 0.776. The van der Waals surface area contributed by atoms with E-state index in [9.17, 15) is 0 Å². The topological polar surface area (TPSA) is 21.6 Å². The zero-order chi connectivity index (χ0) is 12.5. The van der Waals surface area contributed by atoms with Crippen molar-refractivity contribution in [1.29, 1.82) is 0 Å². The first-order valence-corrected chi connectivity index (χ1v) is 6.23. The molecular weight excluding hydrogens is 210 g/mol. The molecule has 1 aromatic rings. The van der Waals surface area contributed by atoms with Crippen LogP contribution in [-0.4, -0.2) is 11.8 Å². The Hall–Kier alpha value is -1.31. The molecule has 0 bridgehead atoms. The molecule has 2 heteroatoms. The Bertz CT molecular complexity index is 434. The third kappa shape index (κ3) is 2.68. The summed E-state index contributed by atoms with van der Waals surface area (Å²) in [7, 11) is 0. The molecule has 1 aromatic carbocycles. The fourth-order valence-corrected chi connectivity index (χ4v) is 2.33. The third-order valence-corrected chi connectivity index (χ3v) is 3.60. The maximum atomic E-state index is 5.53. The molecule has 0 fully saturated rings. The predicted molar refractivity (Wildman–Crippen MR) is 71.3 cm³/mol. The van der Waals surface area contributed by atoms with Gasteiger partial charge in [0.2, 0.25) is 0 Å². The summed E-state index contributed by atoms with van der Waals surface area (Å²) >= 11 is 0. The largest absolute Gasteiger partial charge is 0.392 e. The van der Waals surface area contributed by atoms with E-state index in [1.54, 1.807) is 0 Å². The first-order chi connectivity index (χ1) is 7.99. The highest BCUT2D eigenvalue weighted by atomic mass is 16.6. The van der Waals surface area contributed by atoms with Crippen molar-refractivity contribution < 1.29 is 4.84 Å². The standard InChI is InChI=1S/C15H21NO/c1-11-7-5-6-8-13(11)10-15(3,4)14-9-12(2)16-17-14/h5-8,14H,9-10H2,1-4H3. The summed E-state index contributed by atoms with van der Waals surface area (Å²) in [5, 5.41) is 4.06. The lowest BCUT2D eigenvalue weighted by atomic mass is 9.78. The molecule has 1 atom stereocenters. The average Bonchev–Trinajstić information content (AvgIpc) is 2.69. The van der Waals surface area contributed by atoms with Gasteiger partial charge in [0.1, 0.15) is 6.10 Å². The fourth-order valence-electron chi connectivity index (χ4n) is 2.33. The van der Waals surface area contributed by atoms with Crippen LogP contribution in [0.1, 0.15) is 38.3 Å². The zero-order valence-electron chi connectivity index (χ0n) is 11.2. The maximum Gasteiger partial charge on any atom is 0.138 e. The van der Waals surface area contributed by atoms with Crippen LogP contribution >= 0.6 is 0 Å². The second kappa shape index (κ2) is 4.52. The van der Waals surface area contributed by atoms with Gasteiger partial charge in [0.05, 0.1) is 5.71 Å². The van der Waals surface area contributed by atoms with Crippen molar-refractivity contribution in [2.45, 2.75) is 46.6 Å². The van der Waals surface area contributed by atoms with Crippen LogP contribution in [0.15, 0.2) is 29.4 Å². The number of hydrogen-bond acceptors (Lipinski definition) is 2. The average molecular weight is 231 g/mol. The van der Waals surface area contributed by atoms with Crippen LogP contribution in [0.5, 0.6) is 0 Å². The number of nitrogens with zero attached hydrogens (tertiary/aromatic N) is 1. The second-order valence-corrected chi connectivity index (χ2v) is 5.72. The molecule has 92 valence electrons. The highest BCUT2D eigenvalue weighted by Crippen LogP contribution is 2.33. The number of hydrogen-bond donors (Lipinski definition) is 0. The molecule has 0 aliphatic carbocycles. The summed E-state index contributed by atoms with van der Waals surface area (Å²) in [4.78, 5) is 5.53. The van der Waals surface area contributed by atoms with Crippen molar-refractivity contribution in [3.8, 4) is 0 Å². The minimum Gasteiger partial charge on any atom is -0.392 e. The molecule has 1 heterocycles. The van der Waals surface area contributed by atoms with Crippen LogP contribution in [0.3, 0.4) is 0 Å². The van der Waals surface area contributed by atoms with Gasteiger partial charge in [0.15, 0.2) is 0 Å². The van der Waals surface area contributed by atoms with Gasteiger partial charge in [-0.05, 0) is 31.4 Å². The van der Waals surface area contributed by atoms with E-state index in [0.29, 0.717) is 0 Å². The van der Waals surface area contributed by atoms with Crippen LogP contribution in [0, 0.1) is 12.3 Å². The van der Waals surface area contributed by atoms with Gasteiger partial charge >= 0.3 is 0 Å². The van der Waals surface area contributed by atoms with Gasteiger partial charge in [-0.1, -0.05) is 43.3 Å². The van der Waals surface area contributed by atoms with Crippen LogP contribution in [0.25, 0.3) is 0 Å². The van der Waals surface area contributed by atoms with Crippen molar-refractivity contribution in [2.24, 2.45) is 10.6 Å². The number of oxime groups is 1. The number of benzene rings is 1. The van der Waals surface area contributed by atoms with Crippen molar-refractivity contribution in [3.63, 3.8) is 0 Å². The Balaban J connectivity index is 2.10. The molecule has 0 saturated carbocycles. The van der Waals surface area contributed by atoms with E-state index in [1.165, 1.54) is 11.1 Å². The molecule has 0 N–H and O–H groups in total. The van der Waals surface area contributed by atoms with E-state index in [4.69, 9.17) is 4.84 Å². The molecule has 0 radical (unpaired) electrons. The van der Waals surface area contributed by atoms with Gasteiger partial charge in [-0.15, -0.1) is 0 Å². The minimum atomic E-state index is 0.118. The van der Waals surface area contributed by atoms with Gasteiger partial charge in [0.25, 0.3) is 0 Å². The van der Waals surface area contributed by atoms with E-state index in [1.807, 2.05) is 6.92 Å². The normalized spacial score (nSPS) is 20.0. The Morgan fingerprint density at radius 1 is 1.29 bits per heavy atom. The summed E-state index contributed by atoms with van der Waals surface area (Å²) in [5.74, 6) is 0. The first kappa shape index (κ1) is 12.2. The Morgan fingerprint density at radius 3 is 2.59 bits per heavy atom. The molecule has 0 spiro atoms. The lowest BCUT2D eigenvalue weighted by Gasteiger charge is -2.30. The number of rotatable bonds is 3. The summed E-state index contributed by atoms with van der Waals surface area (Å²) in [6.45, 7) is 8.73.